The Morgan fingerprint density at radius 3 is 3.00 bits per heavy atom. The molecule has 1 unspecified atom stereocenters. The van der Waals surface area contributed by atoms with Gasteiger partial charge in [-0.25, -0.2) is 4.79 Å². The number of hydrogen-bond acceptors (Lipinski definition) is 4. The van der Waals surface area contributed by atoms with Gasteiger partial charge in [-0.1, -0.05) is 0 Å². The van der Waals surface area contributed by atoms with Crippen molar-refractivity contribution in [2.24, 2.45) is 5.92 Å². The molecule has 1 aliphatic heterocycles. The topological polar surface area (TPSA) is 75.3 Å². The van der Waals surface area contributed by atoms with Crippen molar-refractivity contribution in [3.8, 4) is 0 Å². The van der Waals surface area contributed by atoms with Gasteiger partial charge in [-0.3, -0.25) is 0 Å². The molecule has 4 N–H and O–H groups in total. The summed E-state index contributed by atoms with van der Waals surface area (Å²) < 4.78 is 0. The molecule has 98 valence electrons. The SMILES string of the molecule is Cc1cc(NCC2CCSC2)cc(C(=O)O)c1N. The zero-order chi connectivity index (χ0) is 13.1. The van der Waals surface area contributed by atoms with E-state index in [1.165, 1.54) is 17.9 Å². The molecule has 0 spiro atoms. The van der Waals surface area contributed by atoms with Crippen LogP contribution >= 0.6 is 11.8 Å². The summed E-state index contributed by atoms with van der Waals surface area (Å²) in [5, 5.41) is 12.4. The minimum absolute atomic E-state index is 0.179. The van der Waals surface area contributed by atoms with Gasteiger partial charge >= 0.3 is 5.97 Å². The third-order valence-corrected chi connectivity index (χ3v) is 4.47. The molecule has 1 fully saturated rings. The van der Waals surface area contributed by atoms with Crippen LogP contribution in [-0.4, -0.2) is 29.1 Å². The molecule has 0 radical (unpaired) electrons. The highest BCUT2D eigenvalue weighted by atomic mass is 32.2. The highest BCUT2D eigenvalue weighted by molar-refractivity contribution is 7.99. The lowest BCUT2D eigenvalue weighted by Gasteiger charge is -2.14. The second-order valence-electron chi connectivity index (χ2n) is 4.67. The molecule has 5 heteroatoms. The first-order valence-corrected chi connectivity index (χ1v) is 7.18. The summed E-state index contributed by atoms with van der Waals surface area (Å²) >= 11 is 1.98. The third kappa shape index (κ3) is 2.90. The normalized spacial score (nSPS) is 18.8. The van der Waals surface area contributed by atoms with E-state index in [1.807, 2.05) is 24.8 Å². The molecule has 1 saturated heterocycles. The number of hydrogen-bond donors (Lipinski definition) is 3. The first-order valence-electron chi connectivity index (χ1n) is 6.03. The zero-order valence-electron chi connectivity index (χ0n) is 10.4. The van der Waals surface area contributed by atoms with Crippen molar-refractivity contribution in [2.75, 3.05) is 29.1 Å². The molecule has 0 bridgehead atoms. The van der Waals surface area contributed by atoms with E-state index < -0.39 is 5.97 Å². The Hall–Kier alpha value is -1.36. The van der Waals surface area contributed by atoms with Crippen molar-refractivity contribution in [3.63, 3.8) is 0 Å². The summed E-state index contributed by atoms with van der Waals surface area (Å²) in [6.45, 7) is 2.73. The monoisotopic (exact) mass is 266 g/mol. The molecule has 1 aromatic carbocycles. The van der Waals surface area contributed by atoms with Crippen LogP contribution < -0.4 is 11.1 Å². The predicted molar refractivity (Wildman–Crippen MR) is 76.5 cm³/mol. The number of anilines is 2. The van der Waals surface area contributed by atoms with Crippen LogP contribution in [0, 0.1) is 12.8 Å². The fourth-order valence-corrected chi connectivity index (χ4v) is 3.37. The highest BCUT2D eigenvalue weighted by Gasteiger charge is 2.16. The van der Waals surface area contributed by atoms with Crippen LogP contribution in [0.3, 0.4) is 0 Å². The second kappa shape index (κ2) is 5.52. The first-order chi connectivity index (χ1) is 8.58. The van der Waals surface area contributed by atoms with Gasteiger partial charge < -0.3 is 16.2 Å². The molecule has 1 heterocycles. The molecule has 1 atom stereocenters. The predicted octanol–water partition coefficient (Wildman–Crippen LogP) is 2.44. The van der Waals surface area contributed by atoms with Crippen LogP contribution in [0.4, 0.5) is 11.4 Å². The summed E-state index contributed by atoms with van der Waals surface area (Å²) in [6, 6.07) is 3.52. The van der Waals surface area contributed by atoms with Crippen LogP contribution in [0.1, 0.15) is 22.3 Å². The van der Waals surface area contributed by atoms with Crippen molar-refractivity contribution in [1.29, 1.82) is 0 Å². The second-order valence-corrected chi connectivity index (χ2v) is 5.82. The van der Waals surface area contributed by atoms with Crippen molar-refractivity contribution in [3.05, 3.63) is 23.3 Å². The van der Waals surface area contributed by atoms with Gasteiger partial charge in [0.2, 0.25) is 0 Å². The van der Waals surface area contributed by atoms with E-state index in [-0.39, 0.29) is 5.56 Å². The van der Waals surface area contributed by atoms with Gasteiger partial charge in [-0.15, -0.1) is 0 Å². The Morgan fingerprint density at radius 1 is 1.61 bits per heavy atom. The molecule has 1 aliphatic rings. The van der Waals surface area contributed by atoms with Gasteiger partial charge in [0.05, 0.1) is 5.56 Å². The zero-order valence-corrected chi connectivity index (χ0v) is 11.2. The van der Waals surface area contributed by atoms with E-state index in [0.29, 0.717) is 11.6 Å². The summed E-state index contributed by atoms with van der Waals surface area (Å²) in [5.74, 6) is 2.12. The van der Waals surface area contributed by atoms with Gasteiger partial charge in [0, 0.05) is 17.9 Å². The van der Waals surface area contributed by atoms with Crippen molar-refractivity contribution in [2.45, 2.75) is 13.3 Å². The average Bonchev–Trinajstić information content (AvgIpc) is 2.83. The summed E-state index contributed by atoms with van der Waals surface area (Å²) in [6.07, 6.45) is 1.23. The number of nitrogen functional groups attached to an aromatic ring is 1. The molecule has 18 heavy (non-hydrogen) atoms. The summed E-state index contributed by atoms with van der Waals surface area (Å²) in [5.41, 5.74) is 7.94. The van der Waals surface area contributed by atoms with E-state index in [0.717, 1.165) is 17.8 Å². The maximum Gasteiger partial charge on any atom is 0.337 e. The molecule has 0 saturated carbocycles. The lowest BCUT2D eigenvalue weighted by Crippen LogP contribution is -2.14. The van der Waals surface area contributed by atoms with Gasteiger partial charge in [-0.2, -0.15) is 11.8 Å². The first kappa shape index (κ1) is 13.1. The number of carboxylic acid groups (broad SMARTS) is 1. The van der Waals surface area contributed by atoms with Crippen LogP contribution in [-0.2, 0) is 0 Å². The van der Waals surface area contributed by atoms with Crippen molar-refractivity contribution in [1.82, 2.24) is 0 Å². The van der Waals surface area contributed by atoms with Gasteiger partial charge in [0.25, 0.3) is 0 Å². The molecule has 4 nitrogen and oxygen atoms in total. The molecule has 1 aromatic rings. The van der Waals surface area contributed by atoms with E-state index >= 15 is 0 Å². The lowest BCUT2D eigenvalue weighted by atomic mass is 10.1. The minimum Gasteiger partial charge on any atom is -0.478 e. The van der Waals surface area contributed by atoms with Crippen LogP contribution in [0.2, 0.25) is 0 Å². The number of rotatable bonds is 4. The highest BCUT2D eigenvalue weighted by Crippen LogP contribution is 2.26. The molecule has 0 aromatic heterocycles. The van der Waals surface area contributed by atoms with Crippen LogP contribution in [0.25, 0.3) is 0 Å². The van der Waals surface area contributed by atoms with Crippen molar-refractivity contribution >= 4 is 29.1 Å². The van der Waals surface area contributed by atoms with Gasteiger partial charge in [0.15, 0.2) is 0 Å². The van der Waals surface area contributed by atoms with E-state index in [4.69, 9.17) is 10.8 Å². The summed E-state index contributed by atoms with van der Waals surface area (Å²) in [7, 11) is 0. The average molecular weight is 266 g/mol. The number of nitrogens with two attached hydrogens (primary N) is 1. The van der Waals surface area contributed by atoms with E-state index in [1.54, 1.807) is 6.07 Å². The minimum atomic E-state index is -0.976. The van der Waals surface area contributed by atoms with E-state index in [2.05, 4.69) is 5.32 Å². The van der Waals surface area contributed by atoms with Crippen LogP contribution in [0.15, 0.2) is 12.1 Å². The van der Waals surface area contributed by atoms with Crippen LogP contribution in [0.5, 0.6) is 0 Å². The standard InChI is InChI=1S/C13H18N2O2S/c1-8-4-10(5-11(12(8)14)13(16)17)15-6-9-2-3-18-7-9/h4-5,9,15H,2-3,6-7,14H2,1H3,(H,16,17). The third-order valence-electron chi connectivity index (χ3n) is 3.24. The largest absolute Gasteiger partial charge is 0.478 e. The maximum atomic E-state index is 11.1. The van der Waals surface area contributed by atoms with Gasteiger partial charge in [-0.05, 0) is 48.5 Å². The smallest absolute Gasteiger partial charge is 0.337 e. The Balaban J connectivity index is 2.10. The number of carbonyl (C=O) groups is 1. The number of nitrogens with one attached hydrogen (secondary N) is 1. The number of benzene rings is 1. The van der Waals surface area contributed by atoms with Gasteiger partial charge in [0.1, 0.15) is 0 Å². The van der Waals surface area contributed by atoms with E-state index in [9.17, 15) is 4.79 Å². The number of aromatic carboxylic acids is 1. The molecule has 0 amide bonds. The Morgan fingerprint density at radius 2 is 2.39 bits per heavy atom. The lowest BCUT2D eigenvalue weighted by molar-refractivity contribution is 0.0698. The summed E-state index contributed by atoms with van der Waals surface area (Å²) in [4.78, 5) is 11.1. The van der Waals surface area contributed by atoms with Crippen molar-refractivity contribution < 1.29 is 9.90 Å². The molecule has 0 aliphatic carbocycles. The number of thioether (sulfide) groups is 1. The Kier molecular flexibility index (Phi) is 4.01. The fourth-order valence-electron chi connectivity index (χ4n) is 2.08. The molecular formula is C13H18N2O2S. The molecule has 2 rings (SSSR count). The quantitative estimate of drug-likeness (QED) is 0.730. The molecular weight excluding hydrogens is 248 g/mol. The Bertz CT molecular complexity index is 457. The number of aryl methyl sites for hydroxylation is 1. The fraction of sp³-hybridized carbons (Fsp3) is 0.462. The number of carboxylic acids is 1. The Labute approximate surface area is 111 Å². The maximum absolute atomic E-state index is 11.1.